The minimum absolute atomic E-state index is 0.115. The molecule has 0 atom stereocenters. The maximum Gasteiger partial charge on any atom is 0.336 e. The summed E-state index contributed by atoms with van der Waals surface area (Å²) < 4.78 is 6.06. The molecule has 0 aliphatic carbocycles. The van der Waals surface area contributed by atoms with E-state index in [1.165, 1.54) is 17.4 Å². The van der Waals surface area contributed by atoms with E-state index in [2.05, 4.69) is 11.5 Å². The van der Waals surface area contributed by atoms with Gasteiger partial charge in [0.1, 0.15) is 11.3 Å². The molecule has 0 saturated heterocycles. The number of thiophene rings is 1. The number of benzene rings is 1. The molecule has 1 N–H and O–H groups in total. The largest absolute Gasteiger partial charge is 0.508 e. The van der Waals surface area contributed by atoms with E-state index in [0.29, 0.717) is 30.8 Å². The first kappa shape index (κ1) is 17.7. The van der Waals surface area contributed by atoms with Crippen molar-refractivity contribution >= 4 is 33.9 Å². The van der Waals surface area contributed by atoms with Gasteiger partial charge in [-0.25, -0.2) is 4.79 Å². The molecule has 4 nitrogen and oxygen atoms in total. The molecule has 0 spiro atoms. The molecular formula is C19H18ClNO3S. The van der Waals surface area contributed by atoms with Gasteiger partial charge < -0.3 is 9.52 Å². The van der Waals surface area contributed by atoms with Crippen LogP contribution in [0.1, 0.15) is 16.0 Å². The van der Waals surface area contributed by atoms with E-state index in [4.69, 9.17) is 16.0 Å². The summed E-state index contributed by atoms with van der Waals surface area (Å²) in [6, 6.07) is 8.80. The molecular weight excluding hydrogens is 358 g/mol. The lowest BCUT2D eigenvalue weighted by Crippen LogP contribution is -2.23. The number of halogens is 1. The molecule has 0 saturated carbocycles. The maximum absolute atomic E-state index is 12.0. The zero-order chi connectivity index (χ0) is 18.0. The quantitative estimate of drug-likeness (QED) is 0.500. The predicted molar refractivity (Wildman–Crippen MR) is 103 cm³/mol. The summed E-state index contributed by atoms with van der Waals surface area (Å²) in [5.41, 5.74) is 1.43. The average Bonchev–Trinajstić information content (AvgIpc) is 2.96. The molecule has 0 unspecified atom stereocenters. The van der Waals surface area contributed by atoms with Crippen LogP contribution in [0.5, 0.6) is 5.75 Å². The minimum atomic E-state index is -0.422. The smallest absolute Gasteiger partial charge is 0.336 e. The van der Waals surface area contributed by atoms with Crippen LogP contribution >= 0.6 is 22.9 Å². The number of fused-ring (bicyclic) bond motifs is 1. The number of aromatic hydroxyl groups is 1. The van der Waals surface area contributed by atoms with Crippen LogP contribution < -0.4 is 5.63 Å². The second-order valence-corrected chi connectivity index (χ2v) is 7.64. The Morgan fingerprint density at radius 2 is 2.12 bits per heavy atom. The van der Waals surface area contributed by atoms with Gasteiger partial charge in [0.25, 0.3) is 0 Å². The Labute approximate surface area is 154 Å². The number of nitrogens with zero attached hydrogens (tertiary/aromatic N) is 1. The Bertz CT molecular complexity index is 976. The number of hydrogen-bond acceptors (Lipinski definition) is 5. The number of aryl methyl sites for hydroxylation is 1. The van der Waals surface area contributed by atoms with Crippen LogP contribution in [0.4, 0.5) is 0 Å². The summed E-state index contributed by atoms with van der Waals surface area (Å²) in [7, 11) is 0. The fourth-order valence-electron chi connectivity index (χ4n) is 2.81. The van der Waals surface area contributed by atoms with E-state index in [1.807, 2.05) is 18.2 Å². The summed E-state index contributed by atoms with van der Waals surface area (Å²) in [6.45, 7) is 7.50. The van der Waals surface area contributed by atoms with Gasteiger partial charge >= 0.3 is 5.63 Å². The second kappa shape index (κ2) is 7.44. The molecule has 1 aromatic carbocycles. The zero-order valence-electron chi connectivity index (χ0n) is 13.8. The molecule has 3 rings (SSSR count). The molecule has 0 fully saturated rings. The van der Waals surface area contributed by atoms with Crippen molar-refractivity contribution < 1.29 is 9.52 Å². The minimum Gasteiger partial charge on any atom is -0.508 e. The van der Waals surface area contributed by atoms with Crippen molar-refractivity contribution in [3.63, 3.8) is 0 Å². The van der Waals surface area contributed by atoms with Crippen LogP contribution in [0.25, 0.3) is 11.0 Å². The fraction of sp³-hybridized carbons (Fsp3) is 0.211. The third kappa shape index (κ3) is 3.95. The third-order valence-electron chi connectivity index (χ3n) is 4.01. The lowest BCUT2D eigenvalue weighted by atomic mass is 10.1. The molecule has 25 heavy (non-hydrogen) atoms. The SMILES string of the molecule is C=CCN(Cc1ccc(Cl)s1)Cc1cc(=O)oc2c(C)c(O)ccc12. The van der Waals surface area contributed by atoms with Gasteiger partial charge in [0.2, 0.25) is 0 Å². The van der Waals surface area contributed by atoms with Crippen LogP contribution in [0.2, 0.25) is 4.34 Å². The lowest BCUT2D eigenvalue weighted by molar-refractivity contribution is 0.289. The maximum atomic E-state index is 12.0. The Morgan fingerprint density at radius 1 is 1.32 bits per heavy atom. The van der Waals surface area contributed by atoms with Crippen molar-refractivity contribution in [2.24, 2.45) is 0 Å². The standard InChI is InChI=1S/C19H18ClNO3S/c1-3-8-21(11-14-4-7-17(20)25-14)10-13-9-18(23)24-19-12(2)16(22)6-5-15(13)19/h3-7,9,22H,1,8,10-11H2,2H3. The molecule has 6 heteroatoms. The van der Waals surface area contributed by atoms with Crippen LogP contribution in [-0.4, -0.2) is 16.6 Å². The van der Waals surface area contributed by atoms with Gasteiger partial charge in [-0.3, -0.25) is 4.90 Å². The highest BCUT2D eigenvalue weighted by molar-refractivity contribution is 7.16. The number of hydrogen-bond donors (Lipinski definition) is 1. The van der Waals surface area contributed by atoms with Gasteiger partial charge in [-0.05, 0) is 36.8 Å². The lowest BCUT2D eigenvalue weighted by Gasteiger charge is -2.21. The van der Waals surface area contributed by atoms with Crippen LogP contribution in [0, 0.1) is 6.92 Å². The first-order chi connectivity index (χ1) is 12.0. The number of rotatable bonds is 6. The second-order valence-electron chi connectivity index (χ2n) is 5.84. The summed E-state index contributed by atoms with van der Waals surface area (Å²) >= 11 is 7.55. The van der Waals surface area contributed by atoms with E-state index in [1.54, 1.807) is 19.1 Å². The highest BCUT2D eigenvalue weighted by Crippen LogP contribution is 2.29. The monoisotopic (exact) mass is 375 g/mol. The molecule has 130 valence electrons. The topological polar surface area (TPSA) is 53.7 Å². The van der Waals surface area contributed by atoms with Crippen LogP contribution in [0.15, 0.2) is 52.2 Å². The summed E-state index contributed by atoms with van der Waals surface area (Å²) in [5.74, 6) is 0.115. The Morgan fingerprint density at radius 3 is 2.80 bits per heavy atom. The van der Waals surface area contributed by atoms with E-state index < -0.39 is 5.63 Å². The first-order valence-corrected chi connectivity index (χ1v) is 9.00. The first-order valence-electron chi connectivity index (χ1n) is 7.80. The number of phenols is 1. The van der Waals surface area contributed by atoms with E-state index in [-0.39, 0.29) is 5.75 Å². The predicted octanol–water partition coefficient (Wildman–Crippen LogP) is 4.71. The van der Waals surface area contributed by atoms with Crippen molar-refractivity contribution in [3.05, 3.63) is 73.7 Å². The van der Waals surface area contributed by atoms with Gasteiger partial charge in [-0.15, -0.1) is 17.9 Å². The van der Waals surface area contributed by atoms with Gasteiger partial charge in [0.05, 0.1) is 4.34 Å². The van der Waals surface area contributed by atoms with Crippen molar-refractivity contribution in [2.45, 2.75) is 20.0 Å². The van der Waals surface area contributed by atoms with Crippen molar-refractivity contribution in [1.29, 1.82) is 0 Å². The van der Waals surface area contributed by atoms with Crippen molar-refractivity contribution in [2.75, 3.05) is 6.54 Å². The molecule has 0 aliphatic rings. The van der Waals surface area contributed by atoms with E-state index >= 15 is 0 Å². The Balaban J connectivity index is 1.97. The molecule has 2 heterocycles. The van der Waals surface area contributed by atoms with Gasteiger partial charge in [0, 0.05) is 41.5 Å². The molecule has 0 bridgehead atoms. The van der Waals surface area contributed by atoms with Gasteiger partial charge in [-0.2, -0.15) is 0 Å². The summed E-state index contributed by atoms with van der Waals surface area (Å²) in [5, 5.41) is 10.7. The summed E-state index contributed by atoms with van der Waals surface area (Å²) in [6.07, 6.45) is 1.83. The highest BCUT2D eigenvalue weighted by atomic mass is 35.5. The molecule has 0 amide bonds. The fourth-order valence-corrected chi connectivity index (χ4v) is 3.94. The van der Waals surface area contributed by atoms with Crippen molar-refractivity contribution in [1.82, 2.24) is 4.90 Å². The van der Waals surface area contributed by atoms with Gasteiger partial charge in [-0.1, -0.05) is 17.7 Å². The normalized spacial score (nSPS) is 11.3. The van der Waals surface area contributed by atoms with Crippen LogP contribution in [0.3, 0.4) is 0 Å². The summed E-state index contributed by atoms with van der Waals surface area (Å²) in [4.78, 5) is 15.3. The third-order valence-corrected chi connectivity index (χ3v) is 5.22. The number of phenolic OH excluding ortho intramolecular Hbond substituents is 1. The molecule has 0 aliphatic heterocycles. The molecule has 3 aromatic rings. The van der Waals surface area contributed by atoms with Crippen LogP contribution in [-0.2, 0) is 13.1 Å². The molecule has 0 radical (unpaired) electrons. The van der Waals surface area contributed by atoms with E-state index in [0.717, 1.165) is 20.2 Å². The van der Waals surface area contributed by atoms with E-state index in [9.17, 15) is 9.90 Å². The average molecular weight is 376 g/mol. The zero-order valence-corrected chi connectivity index (χ0v) is 15.4. The van der Waals surface area contributed by atoms with Crippen molar-refractivity contribution in [3.8, 4) is 5.75 Å². The highest BCUT2D eigenvalue weighted by Gasteiger charge is 2.14. The Hall–Kier alpha value is -2.08. The molecule has 2 aromatic heterocycles. The Kier molecular flexibility index (Phi) is 5.27. The van der Waals surface area contributed by atoms with Gasteiger partial charge in [0.15, 0.2) is 0 Å².